The molecule has 1 aliphatic carbocycles. The van der Waals surface area contributed by atoms with E-state index in [0.29, 0.717) is 18.3 Å². The number of furan rings is 1. The Bertz CT molecular complexity index is 391. The molecule has 1 heterocycles. The highest BCUT2D eigenvalue weighted by atomic mass is 32.2. The van der Waals surface area contributed by atoms with E-state index in [0.717, 1.165) is 5.25 Å². The van der Waals surface area contributed by atoms with Crippen molar-refractivity contribution in [2.24, 2.45) is 0 Å². The van der Waals surface area contributed by atoms with Gasteiger partial charge in [0.15, 0.2) is 0 Å². The van der Waals surface area contributed by atoms with Crippen LogP contribution >= 0.6 is 11.8 Å². The summed E-state index contributed by atoms with van der Waals surface area (Å²) in [5.74, 6) is -0.315. The summed E-state index contributed by atoms with van der Waals surface area (Å²) in [4.78, 5) is 10.6. The molecule has 1 saturated carbocycles. The van der Waals surface area contributed by atoms with E-state index >= 15 is 0 Å². The van der Waals surface area contributed by atoms with Crippen LogP contribution in [0.1, 0.15) is 35.6 Å². The Hall–Kier alpha value is -0.940. The Labute approximate surface area is 105 Å². The van der Waals surface area contributed by atoms with Crippen molar-refractivity contribution in [1.82, 2.24) is 5.32 Å². The minimum absolute atomic E-state index is 0.00946. The standard InChI is InChI=1S/C12H17NO3S/c1-17-10-4-2-8(6-10)13-7-9-3-5-11(16-9)12(14)15/h3,5,8,10,13H,2,4,6-7H2,1H3,(H,14,15). The highest BCUT2D eigenvalue weighted by molar-refractivity contribution is 7.99. The predicted molar refractivity (Wildman–Crippen MR) is 67.4 cm³/mol. The van der Waals surface area contributed by atoms with E-state index in [1.54, 1.807) is 6.07 Å². The lowest BCUT2D eigenvalue weighted by Crippen LogP contribution is -2.25. The van der Waals surface area contributed by atoms with Gasteiger partial charge in [0.2, 0.25) is 5.76 Å². The fraction of sp³-hybridized carbons (Fsp3) is 0.583. The second kappa shape index (κ2) is 5.60. The topological polar surface area (TPSA) is 62.5 Å². The Morgan fingerprint density at radius 3 is 3.00 bits per heavy atom. The predicted octanol–water partition coefficient (Wildman–Crippen LogP) is 2.35. The molecule has 0 aliphatic heterocycles. The molecule has 0 aromatic carbocycles. The second-order valence-corrected chi connectivity index (χ2v) is 5.46. The fourth-order valence-corrected chi connectivity index (χ4v) is 2.97. The van der Waals surface area contributed by atoms with Crippen LogP contribution in [0, 0.1) is 0 Å². The van der Waals surface area contributed by atoms with Gasteiger partial charge in [0.25, 0.3) is 0 Å². The smallest absolute Gasteiger partial charge is 0.371 e. The third kappa shape index (κ3) is 3.26. The lowest BCUT2D eigenvalue weighted by atomic mass is 10.2. The molecular formula is C12H17NO3S. The average Bonchev–Trinajstić information content (AvgIpc) is 2.95. The number of hydrogen-bond acceptors (Lipinski definition) is 4. The largest absolute Gasteiger partial charge is 0.475 e. The lowest BCUT2D eigenvalue weighted by Gasteiger charge is -2.11. The van der Waals surface area contributed by atoms with Crippen LogP contribution in [0.15, 0.2) is 16.5 Å². The Balaban J connectivity index is 1.80. The summed E-state index contributed by atoms with van der Waals surface area (Å²) in [5.41, 5.74) is 0. The number of carboxylic acid groups (broad SMARTS) is 1. The molecule has 0 spiro atoms. The van der Waals surface area contributed by atoms with Crippen molar-refractivity contribution in [2.75, 3.05) is 6.26 Å². The first-order valence-electron chi connectivity index (χ1n) is 5.77. The van der Waals surface area contributed by atoms with Gasteiger partial charge in [-0.3, -0.25) is 0 Å². The second-order valence-electron chi connectivity index (χ2n) is 4.32. The molecular weight excluding hydrogens is 238 g/mol. The molecule has 0 amide bonds. The molecule has 4 nitrogen and oxygen atoms in total. The maximum absolute atomic E-state index is 10.6. The third-order valence-corrected chi connectivity index (χ3v) is 4.25. The molecule has 0 saturated heterocycles. The summed E-state index contributed by atoms with van der Waals surface area (Å²) in [6.07, 6.45) is 5.79. The van der Waals surface area contributed by atoms with Gasteiger partial charge in [-0.05, 0) is 37.7 Å². The van der Waals surface area contributed by atoms with Crippen molar-refractivity contribution in [3.8, 4) is 0 Å². The Kier molecular flexibility index (Phi) is 4.12. The number of carboxylic acids is 1. The van der Waals surface area contributed by atoms with Crippen molar-refractivity contribution in [3.05, 3.63) is 23.7 Å². The summed E-state index contributed by atoms with van der Waals surface area (Å²) in [5, 5.41) is 12.9. The number of rotatable bonds is 5. The zero-order valence-corrected chi connectivity index (χ0v) is 10.6. The van der Waals surface area contributed by atoms with Crippen LogP contribution in [-0.4, -0.2) is 28.6 Å². The quantitative estimate of drug-likeness (QED) is 0.845. The van der Waals surface area contributed by atoms with E-state index in [4.69, 9.17) is 9.52 Å². The van der Waals surface area contributed by atoms with E-state index in [9.17, 15) is 4.79 Å². The molecule has 17 heavy (non-hydrogen) atoms. The number of nitrogens with one attached hydrogen (secondary N) is 1. The molecule has 0 radical (unpaired) electrons. The van der Waals surface area contributed by atoms with Gasteiger partial charge >= 0.3 is 5.97 Å². The van der Waals surface area contributed by atoms with E-state index in [1.165, 1.54) is 25.3 Å². The van der Waals surface area contributed by atoms with Crippen molar-refractivity contribution >= 4 is 17.7 Å². The Morgan fingerprint density at radius 2 is 2.41 bits per heavy atom. The van der Waals surface area contributed by atoms with Gasteiger partial charge in [-0.15, -0.1) is 0 Å². The van der Waals surface area contributed by atoms with Crippen LogP contribution in [0.2, 0.25) is 0 Å². The van der Waals surface area contributed by atoms with Crippen LogP contribution in [0.3, 0.4) is 0 Å². The number of aromatic carboxylic acids is 1. The molecule has 2 unspecified atom stereocenters. The van der Waals surface area contributed by atoms with Crippen LogP contribution in [0.5, 0.6) is 0 Å². The summed E-state index contributed by atoms with van der Waals surface area (Å²) in [6, 6.07) is 3.75. The molecule has 1 aliphatic rings. The highest BCUT2D eigenvalue weighted by Crippen LogP contribution is 2.28. The zero-order valence-electron chi connectivity index (χ0n) is 9.81. The molecule has 5 heteroatoms. The third-order valence-electron chi connectivity index (χ3n) is 3.16. The molecule has 2 atom stereocenters. The van der Waals surface area contributed by atoms with Crippen molar-refractivity contribution in [1.29, 1.82) is 0 Å². The van der Waals surface area contributed by atoms with Gasteiger partial charge in [0.1, 0.15) is 5.76 Å². The lowest BCUT2D eigenvalue weighted by molar-refractivity contribution is 0.0660. The van der Waals surface area contributed by atoms with Crippen LogP contribution < -0.4 is 5.32 Å². The van der Waals surface area contributed by atoms with E-state index < -0.39 is 5.97 Å². The molecule has 1 aromatic rings. The van der Waals surface area contributed by atoms with Gasteiger partial charge < -0.3 is 14.8 Å². The highest BCUT2D eigenvalue weighted by Gasteiger charge is 2.23. The fourth-order valence-electron chi connectivity index (χ4n) is 2.17. The molecule has 0 bridgehead atoms. The first kappa shape index (κ1) is 12.5. The van der Waals surface area contributed by atoms with E-state index in [1.807, 2.05) is 11.8 Å². The Morgan fingerprint density at radius 1 is 1.59 bits per heavy atom. The summed E-state index contributed by atoms with van der Waals surface area (Å²) < 4.78 is 5.19. The normalized spacial score (nSPS) is 24.1. The first-order valence-corrected chi connectivity index (χ1v) is 7.06. The first-order chi connectivity index (χ1) is 8.19. The number of carbonyl (C=O) groups is 1. The van der Waals surface area contributed by atoms with Gasteiger partial charge in [-0.2, -0.15) is 11.8 Å². The molecule has 2 N–H and O–H groups in total. The molecule has 1 fully saturated rings. The van der Waals surface area contributed by atoms with Crippen molar-refractivity contribution in [2.45, 2.75) is 37.1 Å². The monoisotopic (exact) mass is 255 g/mol. The number of thioether (sulfide) groups is 1. The van der Waals surface area contributed by atoms with Crippen molar-refractivity contribution in [3.63, 3.8) is 0 Å². The van der Waals surface area contributed by atoms with Crippen LogP contribution in [0.25, 0.3) is 0 Å². The van der Waals surface area contributed by atoms with Gasteiger partial charge in [-0.25, -0.2) is 4.79 Å². The van der Waals surface area contributed by atoms with E-state index in [-0.39, 0.29) is 5.76 Å². The zero-order chi connectivity index (χ0) is 12.3. The SMILES string of the molecule is CSC1CCC(NCc2ccc(C(=O)O)o2)C1. The van der Waals surface area contributed by atoms with Gasteiger partial charge in [0, 0.05) is 11.3 Å². The van der Waals surface area contributed by atoms with Crippen molar-refractivity contribution < 1.29 is 14.3 Å². The van der Waals surface area contributed by atoms with Gasteiger partial charge in [0.05, 0.1) is 6.54 Å². The maximum Gasteiger partial charge on any atom is 0.371 e. The summed E-state index contributed by atoms with van der Waals surface area (Å²) >= 11 is 1.92. The molecule has 1 aromatic heterocycles. The maximum atomic E-state index is 10.6. The summed E-state index contributed by atoms with van der Waals surface area (Å²) in [6.45, 7) is 0.610. The van der Waals surface area contributed by atoms with Crippen LogP contribution in [-0.2, 0) is 6.54 Å². The molecule has 94 valence electrons. The number of hydrogen-bond donors (Lipinski definition) is 2. The minimum atomic E-state index is -1.01. The molecule has 2 rings (SSSR count). The summed E-state index contributed by atoms with van der Waals surface area (Å²) in [7, 11) is 0. The van der Waals surface area contributed by atoms with E-state index in [2.05, 4.69) is 11.6 Å². The van der Waals surface area contributed by atoms with Crippen LogP contribution in [0.4, 0.5) is 0 Å². The van der Waals surface area contributed by atoms with Gasteiger partial charge in [-0.1, -0.05) is 0 Å². The average molecular weight is 255 g/mol. The minimum Gasteiger partial charge on any atom is -0.475 e.